The molecular formula is C19H25N3O3. The van der Waals surface area contributed by atoms with Crippen LogP contribution in [0.2, 0.25) is 0 Å². The Balaban J connectivity index is 2.03. The zero-order valence-electron chi connectivity index (χ0n) is 15.1. The predicted molar refractivity (Wildman–Crippen MR) is 101 cm³/mol. The van der Waals surface area contributed by atoms with Crippen molar-refractivity contribution in [2.75, 3.05) is 33.2 Å². The molecule has 2 aromatic rings. The number of nitrogens with one attached hydrogen (secondary N) is 2. The molecule has 2 rings (SSSR count). The van der Waals surface area contributed by atoms with Gasteiger partial charge in [-0.3, -0.25) is 4.99 Å². The van der Waals surface area contributed by atoms with Gasteiger partial charge in [-0.05, 0) is 36.8 Å². The molecule has 0 unspecified atom stereocenters. The highest BCUT2D eigenvalue weighted by Gasteiger charge is 2.07. The Kier molecular flexibility index (Phi) is 6.95. The quantitative estimate of drug-likeness (QED) is 0.597. The smallest absolute Gasteiger partial charge is 0.195 e. The van der Waals surface area contributed by atoms with Crippen molar-refractivity contribution < 1.29 is 14.2 Å². The molecule has 2 N–H and O–H groups in total. The minimum atomic E-state index is 0.572. The van der Waals surface area contributed by atoms with Crippen LogP contribution >= 0.6 is 0 Å². The van der Waals surface area contributed by atoms with Crippen LogP contribution in [0.1, 0.15) is 12.5 Å². The maximum absolute atomic E-state index is 5.60. The summed E-state index contributed by atoms with van der Waals surface area (Å²) in [6.07, 6.45) is 0. The zero-order valence-corrected chi connectivity index (χ0v) is 15.1. The van der Waals surface area contributed by atoms with E-state index in [4.69, 9.17) is 14.2 Å². The SMILES string of the molecule is CCOc1cc(NC(=NC)NCc2cccc(OC)c2)ccc1OC. The maximum Gasteiger partial charge on any atom is 0.195 e. The van der Waals surface area contributed by atoms with Gasteiger partial charge in [0.1, 0.15) is 5.75 Å². The molecule has 0 aliphatic rings. The van der Waals surface area contributed by atoms with Gasteiger partial charge in [0.25, 0.3) is 0 Å². The van der Waals surface area contributed by atoms with Crippen molar-refractivity contribution in [1.29, 1.82) is 0 Å². The molecule has 0 aliphatic carbocycles. The standard InChI is InChI=1S/C19H25N3O3/c1-5-25-18-12-15(9-10-17(18)24-4)22-19(20-2)21-13-14-7-6-8-16(11-14)23-3/h6-12H,5,13H2,1-4H3,(H2,20,21,22). The second-order valence-corrected chi connectivity index (χ2v) is 5.20. The Morgan fingerprint density at radius 3 is 2.56 bits per heavy atom. The predicted octanol–water partition coefficient (Wildman–Crippen LogP) is 3.29. The molecule has 2 aromatic carbocycles. The van der Waals surface area contributed by atoms with E-state index in [-0.39, 0.29) is 0 Å². The minimum absolute atomic E-state index is 0.572. The number of anilines is 1. The molecule has 0 atom stereocenters. The summed E-state index contributed by atoms with van der Waals surface area (Å²) in [7, 11) is 5.01. The van der Waals surface area contributed by atoms with Crippen LogP contribution in [0.5, 0.6) is 17.2 Å². The lowest BCUT2D eigenvalue weighted by atomic mass is 10.2. The van der Waals surface area contributed by atoms with E-state index in [1.54, 1.807) is 21.3 Å². The van der Waals surface area contributed by atoms with Gasteiger partial charge in [-0.2, -0.15) is 0 Å². The summed E-state index contributed by atoms with van der Waals surface area (Å²) in [5.41, 5.74) is 1.97. The van der Waals surface area contributed by atoms with Crippen LogP contribution in [0.4, 0.5) is 5.69 Å². The number of ether oxygens (including phenoxy) is 3. The molecule has 6 nitrogen and oxygen atoms in total. The van der Waals surface area contributed by atoms with Crippen molar-refractivity contribution in [3.8, 4) is 17.2 Å². The summed E-state index contributed by atoms with van der Waals surface area (Å²) in [5.74, 6) is 2.89. The first-order valence-electron chi connectivity index (χ1n) is 8.11. The number of hydrogen-bond donors (Lipinski definition) is 2. The van der Waals surface area contributed by atoms with Crippen molar-refractivity contribution in [3.05, 3.63) is 48.0 Å². The minimum Gasteiger partial charge on any atom is -0.497 e. The summed E-state index contributed by atoms with van der Waals surface area (Å²) < 4.78 is 16.1. The summed E-state index contributed by atoms with van der Waals surface area (Å²) in [6, 6.07) is 13.6. The van der Waals surface area contributed by atoms with Crippen molar-refractivity contribution in [2.45, 2.75) is 13.5 Å². The molecule has 0 radical (unpaired) electrons. The number of benzene rings is 2. The molecule has 0 aromatic heterocycles. The second kappa shape index (κ2) is 9.42. The monoisotopic (exact) mass is 343 g/mol. The van der Waals surface area contributed by atoms with Crippen LogP contribution in [0, 0.1) is 0 Å². The molecule has 134 valence electrons. The third kappa shape index (κ3) is 5.31. The number of guanidine groups is 1. The van der Waals surface area contributed by atoms with Gasteiger partial charge in [0.2, 0.25) is 0 Å². The molecule has 0 saturated carbocycles. The van der Waals surface area contributed by atoms with Gasteiger partial charge in [0, 0.05) is 25.3 Å². The molecule has 0 heterocycles. The number of rotatable bonds is 7. The van der Waals surface area contributed by atoms with Gasteiger partial charge < -0.3 is 24.8 Å². The van der Waals surface area contributed by atoms with E-state index >= 15 is 0 Å². The van der Waals surface area contributed by atoms with Crippen molar-refractivity contribution in [3.63, 3.8) is 0 Å². The van der Waals surface area contributed by atoms with E-state index in [1.165, 1.54) is 0 Å². The van der Waals surface area contributed by atoms with Crippen molar-refractivity contribution in [1.82, 2.24) is 5.32 Å². The average Bonchev–Trinajstić information content (AvgIpc) is 2.65. The zero-order chi connectivity index (χ0) is 18.1. The van der Waals surface area contributed by atoms with Crippen LogP contribution in [-0.4, -0.2) is 33.8 Å². The molecule has 0 fully saturated rings. The highest BCUT2D eigenvalue weighted by molar-refractivity contribution is 5.93. The van der Waals surface area contributed by atoms with E-state index in [0.717, 1.165) is 17.0 Å². The fourth-order valence-electron chi connectivity index (χ4n) is 2.31. The number of nitrogens with zero attached hydrogens (tertiary/aromatic N) is 1. The Morgan fingerprint density at radius 1 is 1.04 bits per heavy atom. The van der Waals surface area contributed by atoms with Gasteiger partial charge in [-0.15, -0.1) is 0 Å². The van der Waals surface area contributed by atoms with Gasteiger partial charge in [-0.25, -0.2) is 0 Å². The Labute approximate surface area is 148 Å². The third-order valence-electron chi connectivity index (χ3n) is 3.54. The Bertz CT molecular complexity index is 717. The summed E-state index contributed by atoms with van der Waals surface area (Å²) in [4.78, 5) is 4.25. The highest BCUT2D eigenvalue weighted by atomic mass is 16.5. The molecular weight excluding hydrogens is 318 g/mol. The third-order valence-corrected chi connectivity index (χ3v) is 3.54. The van der Waals surface area contributed by atoms with Gasteiger partial charge in [0.05, 0.1) is 20.8 Å². The van der Waals surface area contributed by atoms with E-state index in [1.807, 2.05) is 49.4 Å². The van der Waals surface area contributed by atoms with Crippen molar-refractivity contribution in [2.24, 2.45) is 4.99 Å². The highest BCUT2D eigenvalue weighted by Crippen LogP contribution is 2.30. The molecule has 0 bridgehead atoms. The first-order chi connectivity index (χ1) is 12.2. The van der Waals surface area contributed by atoms with Crippen molar-refractivity contribution >= 4 is 11.6 Å². The summed E-state index contributed by atoms with van der Waals surface area (Å²) in [6.45, 7) is 3.14. The number of aliphatic imine (C=N–C) groups is 1. The van der Waals surface area contributed by atoms with E-state index < -0.39 is 0 Å². The summed E-state index contributed by atoms with van der Waals surface area (Å²) in [5, 5.41) is 6.53. The van der Waals surface area contributed by atoms with Crippen LogP contribution in [-0.2, 0) is 6.54 Å². The Hall–Kier alpha value is -2.89. The lowest BCUT2D eigenvalue weighted by Crippen LogP contribution is -2.30. The Morgan fingerprint density at radius 2 is 1.88 bits per heavy atom. The van der Waals surface area contributed by atoms with Gasteiger partial charge in [0.15, 0.2) is 17.5 Å². The number of methoxy groups -OCH3 is 2. The summed E-state index contributed by atoms with van der Waals surface area (Å²) >= 11 is 0. The molecule has 0 amide bonds. The van der Waals surface area contributed by atoms with E-state index in [0.29, 0.717) is 30.6 Å². The molecule has 0 spiro atoms. The van der Waals surface area contributed by atoms with E-state index in [9.17, 15) is 0 Å². The fraction of sp³-hybridized carbons (Fsp3) is 0.316. The largest absolute Gasteiger partial charge is 0.497 e. The number of hydrogen-bond acceptors (Lipinski definition) is 4. The van der Waals surface area contributed by atoms with Crippen LogP contribution in [0.15, 0.2) is 47.5 Å². The lowest BCUT2D eigenvalue weighted by Gasteiger charge is -2.15. The first-order valence-corrected chi connectivity index (χ1v) is 8.11. The van der Waals surface area contributed by atoms with E-state index in [2.05, 4.69) is 15.6 Å². The average molecular weight is 343 g/mol. The van der Waals surface area contributed by atoms with Gasteiger partial charge >= 0.3 is 0 Å². The first kappa shape index (κ1) is 18.4. The normalized spacial score (nSPS) is 11.0. The lowest BCUT2D eigenvalue weighted by molar-refractivity contribution is 0.311. The van der Waals surface area contributed by atoms with Gasteiger partial charge in [-0.1, -0.05) is 12.1 Å². The fourth-order valence-corrected chi connectivity index (χ4v) is 2.31. The molecule has 6 heteroatoms. The van der Waals surface area contributed by atoms with Crippen LogP contribution in [0.3, 0.4) is 0 Å². The second-order valence-electron chi connectivity index (χ2n) is 5.20. The molecule has 0 saturated heterocycles. The van der Waals surface area contributed by atoms with Crippen LogP contribution < -0.4 is 24.8 Å². The molecule has 25 heavy (non-hydrogen) atoms. The van der Waals surface area contributed by atoms with Crippen LogP contribution in [0.25, 0.3) is 0 Å². The topological polar surface area (TPSA) is 64.1 Å². The molecule has 0 aliphatic heterocycles. The maximum atomic E-state index is 5.60.